The molecule has 0 aromatic heterocycles. The number of nitrogens with zero attached hydrogens (tertiary/aromatic N) is 2. The van der Waals surface area contributed by atoms with E-state index in [-0.39, 0.29) is 29.6 Å². The molecule has 1 N–H and O–H groups in total. The maximum Gasteiger partial charge on any atom is 0.262 e. The Balaban J connectivity index is 1.75. The van der Waals surface area contributed by atoms with Crippen LogP contribution in [0.2, 0.25) is 0 Å². The van der Waals surface area contributed by atoms with Gasteiger partial charge in [-0.2, -0.15) is 0 Å². The van der Waals surface area contributed by atoms with Crippen molar-refractivity contribution in [1.82, 2.24) is 10.2 Å². The molecular weight excluding hydrogens is 465 g/mol. The van der Waals surface area contributed by atoms with Crippen molar-refractivity contribution >= 4 is 17.7 Å². The molecule has 0 spiro atoms. The molecule has 2 aliphatic heterocycles. The zero-order valence-corrected chi connectivity index (χ0v) is 21.5. The number of nitrogens with one attached hydrogen (secondary N) is 1. The van der Waals surface area contributed by atoms with Gasteiger partial charge in [-0.25, -0.2) is 4.39 Å². The molecule has 0 unspecified atom stereocenters. The topological polar surface area (TPSA) is 72.5 Å². The van der Waals surface area contributed by atoms with Crippen LogP contribution in [-0.2, 0) is 0 Å². The summed E-state index contributed by atoms with van der Waals surface area (Å²) >= 11 is 0. The van der Waals surface area contributed by atoms with Gasteiger partial charge in [-0.1, -0.05) is 0 Å². The van der Waals surface area contributed by atoms with Gasteiger partial charge in [0, 0.05) is 39.3 Å². The number of ether oxygens (including phenoxy) is 4. The molecule has 1 fully saturated rings. The SMILES string of the molecule is COc1ccc(N(CCN2CCNCC2)C(=O)c2ccc3c(c2OC)C=CC(C)(C)O3)c(F)c1OC. The maximum atomic E-state index is 15.7. The molecular formula is C27H34FN3O5. The zero-order chi connectivity index (χ0) is 25.9. The van der Waals surface area contributed by atoms with Crippen LogP contribution in [-0.4, -0.2) is 77.0 Å². The van der Waals surface area contributed by atoms with Gasteiger partial charge < -0.3 is 29.2 Å². The van der Waals surface area contributed by atoms with Gasteiger partial charge in [0.2, 0.25) is 0 Å². The van der Waals surface area contributed by atoms with Crippen LogP contribution in [0, 0.1) is 5.82 Å². The predicted octanol–water partition coefficient (Wildman–Crippen LogP) is 3.59. The minimum absolute atomic E-state index is 0.0501. The molecule has 2 aromatic carbocycles. The van der Waals surface area contributed by atoms with Gasteiger partial charge in [0.05, 0.1) is 38.1 Å². The summed E-state index contributed by atoms with van der Waals surface area (Å²) in [5, 5.41) is 3.32. The zero-order valence-electron chi connectivity index (χ0n) is 21.5. The normalized spacial score (nSPS) is 16.6. The average Bonchev–Trinajstić information content (AvgIpc) is 2.88. The van der Waals surface area contributed by atoms with E-state index in [4.69, 9.17) is 18.9 Å². The Morgan fingerprint density at radius 1 is 1.08 bits per heavy atom. The highest BCUT2D eigenvalue weighted by atomic mass is 19.1. The highest BCUT2D eigenvalue weighted by molar-refractivity contribution is 6.09. The minimum atomic E-state index is -0.660. The molecule has 9 heteroatoms. The first-order chi connectivity index (χ1) is 17.3. The number of anilines is 1. The molecule has 2 aromatic rings. The Bertz CT molecular complexity index is 1140. The van der Waals surface area contributed by atoms with E-state index < -0.39 is 11.4 Å². The third kappa shape index (κ3) is 5.12. The highest BCUT2D eigenvalue weighted by Gasteiger charge is 2.31. The van der Waals surface area contributed by atoms with Crippen molar-refractivity contribution in [2.45, 2.75) is 19.4 Å². The molecule has 1 saturated heterocycles. The van der Waals surface area contributed by atoms with Crippen molar-refractivity contribution in [3.05, 3.63) is 47.3 Å². The molecule has 0 bridgehead atoms. The van der Waals surface area contributed by atoms with Crippen molar-refractivity contribution in [1.29, 1.82) is 0 Å². The van der Waals surface area contributed by atoms with Gasteiger partial charge in [-0.05, 0) is 50.3 Å². The van der Waals surface area contributed by atoms with Crippen molar-refractivity contribution < 1.29 is 28.1 Å². The lowest BCUT2D eigenvalue weighted by Gasteiger charge is -2.32. The number of hydrogen-bond acceptors (Lipinski definition) is 7. The summed E-state index contributed by atoms with van der Waals surface area (Å²) in [6.07, 6.45) is 3.82. The lowest BCUT2D eigenvalue weighted by atomic mass is 9.99. The van der Waals surface area contributed by atoms with Crippen molar-refractivity contribution in [2.75, 3.05) is 65.5 Å². The van der Waals surface area contributed by atoms with E-state index in [1.807, 2.05) is 26.0 Å². The third-order valence-electron chi connectivity index (χ3n) is 6.47. The number of carbonyl (C=O) groups is 1. The molecule has 0 aliphatic carbocycles. The average molecular weight is 500 g/mol. The van der Waals surface area contributed by atoms with Crippen LogP contribution in [0.25, 0.3) is 6.08 Å². The molecule has 0 saturated carbocycles. The lowest BCUT2D eigenvalue weighted by molar-refractivity contribution is 0.0978. The molecule has 4 rings (SSSR count). The van der Waals surface area contributed by atoms with Crippen LogP contribution < -0.4 is 29.2 Å². The van der Waals surface area contributed by atoms with E-state index in [1.54, 1.807) is 24.3 Å². The van der Waals surface area contributed by atoms with Crippen LogP contribution >= 0.6 is 0 Å². The van der Waals surface area contributed by atoms with Crippen LogP contribution in [0.5, 0.6) is 23.0 Å². The fourth-order valence-corrected chi connectivity index (χ4v) is 4.56. The van der Waals surface area contributed by atoms with Gasteiger partial charge in [0.15, 0.2) is 17.3 Å². The van der Waals surface area contributed by atoms with E-state index >= 15 is 4.39 Å². The van der Waals surface area contributed by atoms with Crippen LogP contribution in [0.4, 0.5) is 10.1 Å². The smallest absolute Gasteiger partial charge is 0.262 e. The predicted molar refractivity (Wildman–Crippen MR) is 137 cm³/mol. The summed E-state index contributed by atoms with van der Waals surface area (Å²) in [5.74, 6) is 0.176. The van der Waals surface area contributed by atoms with Crippen LogP contribution in [0.3, 0.4) is 0 Å². The first-order valence-corrected chi connectivity index (χ1v) is 12.0. The van der Waals surface area contributed by atoms with Gasteiger partial charge in [0.1, 0.15) is 17.1 Å². The minimum Gasteiger partial charge on any atom is -0.495 e. The number of rotatable bonds is 8. The molecule has 1 amide bonds. The standard InChI is InChI=1S/C27H34FN3O5/c1-27(2)11-10-18-21(36-27)8-6-19(24(18)34-4)26(32)31(17-16-30-14-12-29-13-15-30)20-7-9-22(33-3)25(35-5)23(20)28/h6-11,29H,12-17H2,1-5H3. The van der Waals surface area contributed by atoms with Gasteiger partial charge in [0.25, 0.3) is 5.91 Å². The van der Waals surface area contributed by atoms with E-state index in [9.17, 15) is 4.79 Å². The summed E-state index contributed by atoms with van der Waals surface area (Å²) in [4.78, 5) is 17.7. The number of methoxy groups -OCH3 is 3. The fraction of sp³-hybridized carbons (Fsp3) is 0.444. The molecule has 194 valence electrons. The second kappa shape index (κ2) is 10.8. The maximum absolute atomic E-state index is 15.7. The number of hydrogen-bond donors (Lipinski definition) is 1. The number of halogens is 1. The Labute approximate surface area is 211 Å². The molecule has 8 nitrogen and oxygen atoms in total. The monoisotopic (exact) mass is 499 g/mol. The Hall–Kier alpha value is -3.30. The second-order valence-corrected chi connectivity index (χ2v) is 9.28. The molecule has 2 heterocycles. The number of carbonyl (C=O) groups excluding carboxylic acids is 1. The molecule has 36 heavy (non-hydrogen) atoms. The fourth-order valence-electron chi connectivity index (χ4n) is 4.56. The van der Waals surface area contributed by atoms with Gasteiger partial charge >= 0.3 is 0 Å². The van der Waals surface area contributed by atoms with Crippen molar-refractivity contribution in [3.8, 4) is 23.0 Å². The summed E-state index contributed by atoms with van der Waals surface area (Å²) in [7, 11) is 4.33. The summed E-state index contributed by atoms with van der Waals surface area (Å²) in [5.41, 5.74) is 0.637. The second-order valence-electron chi connectivity index (χ2n) is 9.28. The molecule has 0 radical (unpaired) electrons. The van der Waals surface area contributed by atoms with Crippen molar-refractivity contribution in [2.24, 2.45) is 0 Å². The summed E-state index contributed by atoms with van der Waals surface area (Å²) in [6.45, 7) is 8.24. The van der Waals surface area contributed by atoms with Crippen molar-refractivity contribution in [3.63, 3.8) is 0 Å². The number of fused-ring (bicyclic) bond motifs is 1. The van der Waals surface area contributed by atoms with E-state index in [2.05, 4.69) is 10.2 Å². The van der Waals surface area contributed by atoms with E-state index in [1.165, 1.54) is 26.2 Å². The highest BCUT2D eigenvalue weighted by Crippen LogP contribution is 2.41. The quantitative estimate of drug-likeness (QED) is 0.595. The third-order valence-corrected chi connectivity index (χ3v) is 6.47. The molecule has 0 atom stereocenters. The molecule has 2 aliphatic rings. The van der Waals surface area contributed by atoms with E-state index in [0.29, 0.717) is 29.2 Å². The summed E-state index contributed by atoms with van der Waals surface area (Å²) in [6, 6.07) is 6.58. The Morgan fingerprint density at radius 2 is 1.81 bits per heavy atom. The van der Waals surface area contributed by atoms with Gasteiger partial charge in [-0.3, -0.25) is 9.69 Å². The first kappa shape index (κ1) is 25.8. The number of piperazine rings is 1. The Morgan fingerprint density at radius 3 is 2.47 bits per heavy atom. The van der Waals surface area contributed by atoms with Gasteiger partial charge in [-0.15, -0.1) is 0 Å². The largest absolute Gasteiger partial charge is 0.495 e. The summed E-state index contributed by atoms with van der Waals surface area (Å²) < 4.78 is 37.9. The number of amides is 1. The van der Waals surface area contributed by atoms with Crippen LogP contribution in [0.1, 0.15) is 29.8 Å². The first-order valence-electron chi connectivity index (χ1n) is 12.0. The number of benzene rings is 2. The van der Waals surface area contributed by atoms with E-state index in [0.717, 1.165) is 26.2 Å². The Kier molecular flexibility index (Phi) is 7.70. The lowest BCUT2D eigenvalue weighted by Crippen LogP contribution is -2.47. The van der Waals surface area contributed by atoms with Crippen LogP contribution in [0.15, 0.2) is 30.3 Å².